The zero-order valence-electron chi connectivity index (χ0n) is 17.1. The number of carbonyl (C=O) groups is 2. The van der Waals surface area contributed by atoms with Gasteiger partial charge in [-0.3, -0.25) is 9.59 Å². The SMILES string of the molecule is CCOC(=O)Cn1c(=NC(=O)COc2ccc(Cl)cc2)sc2cc(C(C)C)ccc21. The van der Waals surface area contributed by atoms with Crippen LogP contribution in [0.25, 0.3) is 10.2 Å². The van der Waals surface area contributed by atoms with Crippen LogP contribution >= 0.6 is 22.9 Å². The number of benzene rings is 2. The minimum Gasteiger partial charge on any atom is -0.484 e. The van der Waals surface area contributed by atoms with Gasteiger partial charge in [0.15, 0.2) is 11.4 Å². The van der Waals surface area contributed by atoms with Gasteiger partial charge in [0.1, 0.15) is 12.3 Å². The minimum atomic E-state index is -0.446. The molecule has 2 aromatic carbocycles. The molecule has 0 spiro atoms. The van der Waals surface area contributed by atoms with Gasteiger partial charge in [0.25, 0.3) is 5.91 Å². The van der Waals surface area contributed by atoms with Crippen LogP contribution in [0.1, 0.15) is 32.3 Å². The Morgan fingerprint density at radius 2 is 1.90 bits per heavy atom. The quantitative estimate of drug-likeness (QED) is 0.499. The number of aromatic nitrogens is 1. The predicted octanol–water partition coefficient (Wildman–Crippen LogP) is 4.55. The molecule has 158 valence electrons. The van der Waals surface area contributed by atoms with Gasteiger partial charge in [0.2, 0.25) is 0 Å². The Labute approximate surface area is 183 Å². The van der Waals surface area contributed by atoms with Gasteiger partial charge in [-0.1, -0.05) is 42.9 Å². The highest BCUT2D eigenvalue weighted by Crippen LogP contribution is 2.23. The van der Waals surface area contributed by atoms with Gasteiger partial charge >= 0.3 is 5.97 Å². The highest BCUT2D eigenvalue weighted by atomic mass is 35.5. The number of carbonyl (C=O) groups excluding carboxylic acids is 2. The van der Waals surface area contributed by atoms with E-state index in [0.717, 1.165) is 10.2 Å². The Morgan fingerprint density at radius 1 is 1.17 bits per heavy atom. The molecule has 0 N–H and O–H groups in total. The molecule has 0 fully saturated rings. The molecular weight excluding hydrogens is 424 g/mol. The van der Waals surface area contributed by atoms with Gasteiger partial charge in [-0.2, -0.15) is 4.99 Å². The molecule has 0 saturated heterocycles. The second-order valence-corrected chi connectivity index (χ2v) is 8.35. The van der Waals surface area contributed by atoms with Gasteiger partial charge in [0.05, 0.1) is 16.8 Å². The summed E-state index contributed by atoms with van der Waals surface area (Å²) in [4.78, 5) is 29.2. The van der Waals surface area contributed by atoms with E-state index in [0.29, 0.717) is 28.1 Å². The molecule has 0 aliphatic heterocycles. The van der Waals surface area contributed by atoms with Crippen molar-refractivity contribution in [1.29, 1.82) is 0 Å². The summed E-state index contributed by atoms with van der Waals surface area (Å²) in [5.41, 5.74) is 2.01. The monoisotopic (exact) mass is 446 g/mol. The second-order valence-electron chi connectivity index (χ2n) is 6.91. The lowest BCUT2D eigenvalue weighted by atomic mass is 10.0. The van der Waals surface area contributed by atoms with Crippen LogP contribution < -0.4 is 9.54 Å². The van der Waals surface area contributed by atoms with Crippen molar-refractivity contribution in [2.75, 3.05) is 13.2 Å². The molecule has 0 aliphatic carbocycles. The fourth-order valence-electron chi connectivity index (χ4n) is 2.84. The van der Waals surface area contributed by atoms with Crippen LogP contribution in [0.15, 0.2) is 47.5 Å². The average molecular weight is 447 g/mol. The molecule has 1 heterocycles. The summed E-state index contributed by atoms with van der Waals surface area (Å²) in [6, 6.07) is 12.8. The molecule has 0 radical (unpaired) electrons. The van der Waals surface area contributed by atoms with Crippen molar-refractivity contribution >= 4 is 45.0 Å². The zero-order chi connectivity index (χ0) is 21.7. The lowest BCUT2D eigenvalue weighted by Gasteiger charge is -2.07. The number of ether oxygens (including phenoxy) is 2. The number of fused-ring (bicyclic) bond motifs is 1. The van der Waals surface area contributed by atoms with E-state index in [1.807, 2.05) is 12.1 Å². The molecule has 0 aliphatic rings. The first-order valence-electron chi connectivity index (χ1n) is 9.62. The lowest BCUT2D eigenvalue weighted by molar-refractivity contribution is -0.143. The van der Waals surface area contributed by atoms with Gasteiger partial charge in [-0.15, -0.1) is 0 Å². The van der Waals surface area contributed by atoms with E-state index in [-0.39, 0.29) is 19.1 Å². The minimum absolute atomic E-state index is 0.0149. The molecule has 8 heteroatoms. The second kappa shape index (κ2) is 9.91. The standard InChI is InChI=1S/C22H23ClN2O4S/c1-4-28-21(27)12-25-18-10-5-15(14(2)3)11-19(18)30-22(25)24-20(26)13-29-17-8-6-16(23)7-9-17/h5-11,14H,4,12-13H2,1-3H3. The molecule has 0 saturated carbocycles. The summed E-state index contributed by atoms with van der Waals surface area (Å²) < 4.78 is 13.2. The maximum absolute atomic E-state index is 12.4. The van der Waals surface area contributed by atoms with E-state index in [9.17, 15) is 9.59 Å². The number of esters is 1. The number of rotatable bonds is 7. The Hall–Kier alpha value is -2.64. The van der Waals surface area contributed by atoms with E-state index >= 15 is 0 Å². The first kappa shape index (κ1) is 22.1. The molecule has 1 amide bonds. The highest BCUT2D eigenvalue weighted by molar-refractivity contribution is 7.16. The highest BCUT2D eigenvalue weighted by Gasteiger charge is 2.13. The topological polar surface area (TPSA) is 69.9 Å². The predicted molar refractivity (Wildman–Crippen MR) is 118 cm³/mol. The zero-order valence-corrected chi connectivity index (χ0v) is 18.6. The van der Waals surface area contributed by atoms with Crippen LogP contribution in [0, 0.1) is 0 Å². The van der Waals surface area contributed by atoms with E-state index in [1.54, 1.807) is 35.8 Å². The largest absolute Gasteiger partial charge is 0.484 e. The van der Waals surface area contributed by atoms with Crippen LogP contribution in [-0.4, -0.2) is 29.7 Å². The van der Waals surface area contributed by atoms with Crippen LogP contribution in [0.2, 0.25) is 5.02 Å². The first-order valence-corrected chi connectivity index (χ1v) is 10.8. The molecule has 0 bridgehead atoms. The lowest BCUT2D eigenvalue weighted by Crippen LogP contribution is -2.24. The Kier molecular flexibility index (Phi) is 7.29. The Bertz CT molecular complexity index is 1120. The third kappa shape index (κ3) is 5.49. The van der Waals surface area contributed by atoms with Gasteiger partial charge < -0.3 is 14.0 Å². The van der Waals surface area contributed by atoms with E-state index < -0.39 is 5.91 Å². The Morgan fingerprint density at radius 3 is 2.57 bits per heavy atom. The molecular formula is C22H23ClN2O4S. The normalized spacial score (nSPS) is 11.8. The van der Waals surface area contributed by atoms with E-state index in [1.165, 1.54) is 16.9 Å². The number of thiazole rings is 1. The van der Waals surface area contributed by atoms with Crippen molar-refractivity contribution in [2.24, 2.45) is 4.99 Å². The van der Waals surface area contributed by atoms with Crippen LogP contribution in [-0.2, 0) is 20.9 Å². The number of halogens is 1. The average Bonchev–Trinajstić information content (AvgIpc) is 3.03. The summed E-state index contributed by atoms with van der Waals surface area (Å²) in [6.07, 6.45) is 0. The van der Waals surface area contributed by atoms with Gasteiger partial charge in [-0.25, -0.2) is 0 Å². The number of amides is 1. The van der Waals surface area contributed by atoms with Crippen molar-refractivity contribution in [1.82, 2.24) is 4.57 Å². The van der Waals surface area contributed by atoms with Crippen molar-refractivity contribution < 1.29 is 19.1 Å². The fraction of sp³-hybridized carbons (Fsp3) is 0.318. The summed E-state index contributed by atoms with van der Waals surface area (Å²) in [5, 5.41) is 0.587. The maximum Gasteiger partial charge on any atom is 0.326 e. The smallest absolute Gasteiger partial charge is 0.326 e. The number of hydrogen-bond acceptors (Lipinski definition) is 5. The summed E-state index contributed by atoms with van der Waals surface area (Å²) in [6.45, 7) is 6.05. The molecule has 3 aromatic rings. The third-order valence-electron chi connectivity index (χ3n) is 4.36. The molecule has 1 aromatic heterocycles. The van der Waals surface area contributed by atoms with Gasteiger partial charge in [0, 0.05) is 5.02 Å². The third-order valence-corrected chi connectivity index (χ3v) is 5.66. The fourth-order valence-corrected chi connectivity index (χ4v) is 4.06. The first-order chi connectivity index (χ1) is 14.4. The van der Waals surface area contributed by atoms with Gasteiger partial charge in [-0.05, 0) is 54.8 Å². The van der Waals surface area contributed by atoms with Crippen molar-refractivity contribution in [3.63, 3.8) is 0 Å². The van der Waals surface area contributed by atoms with E-state index in [4.69, 9.17) is 21.1 Å². The molecule has 3 rings (SSSR count). The molecule has 30 heavy (non-hydrogen) atoms. The molecule has 6 nitrogen and oxygen atoms in total. The molecule has 0 atom stereocenters. The van der Waals surface area contributed by atoms with Crippen molar-refractivity contribution in [3.8, 4) is 5.75 Å². The summed E-state index contributed by atoms with van der Waals surface area (Å²) in [7, 11) is 0. The van der Waals surface area contributed by atoms with Crippen LogP contribution in [0.3, 0.4) is 0 Å². The van der Waals surface area contributed by atoms with E-state index in [2.05, 4.69) is 24.9 Å². The number of hydrogen-bond donors (Lipinski definition) is 0. The van der Waals surface area contributed by atoms with Crippen molar-refractivity contribution in [3.05, 3.63) is 57.9 Å². The van der Waals surface area contributed by atoms with Crippen molar-refractivity contribution in [2.45, 2.75) is 33.2 Å². The summed E-state index contributed by atoms with van der Waals surface area (Å²) >= 11 is 7.21. The maximum atomic E-state index is 12.4. The summed E-state index contributed by atoms with van der Waals surface area (Å²) in [5.74, 6) is 0.0692. The Balaban J connectivity index is 1.91. The molecule has 0 unspecified atom stereocenters. The van der Waals surface area contributed by atoms with Crippen LogP contribution in [0.5, 0.6) is 5.75 Å². The number of nitrogens with zero attached hydrogens (tertiary/aromatic N) is 2. The van der Waals surface area contributed by atoms with Crippen LogP contribution in [0.4, 0.5) is 0 Å².